The third kappa shape index (κ3) is 4.16. The van der Waals surface area contributed by atoms with Crippen LogP contribution in [0, 0.1) is 0 Å². The van der Waals surface area contributed by atoms with Crippen molar-refractivity contribution in [1.29, 1.82) is 0 Å². The molecule has 9 heteroatoms. The number of halogens is 2. The zero-order chi connectivity index (χ0) is 18.8. The summed E-state index contributed by atoms with van der Waals surface area (Å²) in [7, 11) is 0. The van der Waals surface area contributed by atoms with Gasteiger partial charge in [-0.05, 0) is 44.0 Å². The molecule has 2 aliphatic heterocycles. The fraction of sp³-hybridized carbons (Fsp3) is 0.421. The second-order valence-corrected chi connectivity index (χ2v) is 7.34. The van der Waals surface area contributed by atoms with Gasteiger partial charge in [-0.1, -0.05) is 23.7 Å². The van der Waals surface area contributed by atoms with E-state index in [-0.39, 0.29) is 30.3 Å². The van der Waals surface area contributed by atoms with Gasteiger partial charge in [-0.3, -0.25) is 14.3 Å². The Labute approximate surface area is 174 Å². The van der Waals surface area contributed by atoms with Crippen molar-refractivity contribution in [2.45, 2.75) is 31.3 Å². The molecule has 2 unspecified atom stereocenters. The molecule has 1 aromatic carbocycles. The molecular weight excluding hydrogens is 401 g/mol. The number of nitrogens with one attached hydrogen (secondary N) is 2. The van der Waals surface area contributed by atoms with E-state index in [1.807, 2.05) is 29.1 Å². The molecule has 2 atom stereocenters. The summed E-state index contributed by atoms with van der Waals surface area (Å²) in [4.78, 5) is 26.9. The predicted octanol–water partition coefficient (Wildman–Crippen LogP) is 2.42. The Kier molecular flexibility index (Phi) is 6.59. The molecule has 2 fully saturated rings. The van der Waals surface area contributed by atoms with Gasteiger partial charge in [0, 0.05) is 19.3 Å². The first kappa shape index (κ1) is 20.6. The summed E-state index contributed by atoms with van der Waals surface area (Å²) in [6.07, 6.45) is 4.52. The highest BCUT2D eigenvalue weighted by atomic mass is 35.5. The topological polar surface area (TPSA) is 79.3 Å². The third-order valence-electron chi connectivity index (χ3n) is 5.14. The Morgan fingerprint density at radius 3 is 2.82 bits per heavy atom. The highest BCUT2D eigenvalue weighted by molar-refractivity contribution is 6.34. The van der Waals surface area contributed by atoms with E-state index in [1.54, 1.807) is 17.0 Å². The third-order valence-corrected chi connectivity index (χ3v) is 5.46. The maximum absolute atomic E-state index is 12.7. The van der Waals surface area contributed by atoms with Crippen molar-refractivity contribution < 1.29 is 9.59 Å². The molecule has 1 aromatic heterocycles. The zero-order valence-corrected chi connectivity index (χ0v) is 16.9. The van der Waals surface area contributed by atoms with Gasteiger partial charge < -0.3 is 15.5 Å². The first-order valence-electron chi connectivity index (χ1n) is 9.26. The number of rotatable bonds is 4. The van der Waals surface area contributed by atoms with Crippen molar-refractivity contribution in [1.82, 2.24) is 20.4 Å². The van der Waals surface area contributed by atoms with Gasteiger partial charge in [0.05, 0.1) is 16.8 Å². The number of carbonyl (C=O) groups excluding carboxylic acids is 2. The van der Waals surface area contributed by atoms with Gasteiger partial charge in [-0.2, -0.15) is 5.10 Å². The lowest BCUT2D eigenvalue weighted by molar-refractivity contribution is -0.118. The Hall–Kier alpha value is -2.09. The fourth-order valence-electron chi connectivity index (χ4n) is 3.68. The molecule has 2 amide bonds. The Balaban J connectivity index is 0.00000225. The molecule has 2 N–H and O–H groups in total. The molecule has 7 nitrogen and oxygen atoms in total. The maximum atomic E-state index is 12.7. The molecule has 2 aliphatic rings. The van der Waals surface area contributed by atoms with E-state index in [4.69, 9.17) is 11.6 Å². The summed E-state index contributed by atoms with van der Waals surface area (Å²) in [5.74, 6) is -0.468. The largest absolute Gasteiger partial charge is 0.339 e. The van der Waals surface area contributed by atoms with Gasteiger partial charge in [0.15, 0.2) is 0 Å². The SMILES string of the molecule is Cl.O=C(NC1CCN(c2ccccc2Cl)C1=O)c1ccn(C2CCCNC2)n1. The van der Waals surface area contributed by atoms with Gasteiger partial charge in [0.2, 0.25) is 5.91 Å². The first-order valence-corrected chi connectivity index (χ1v) is 9.64. The van der Waals surface area contributed by atoms with Crippen LogP contribution in [0.25, 0.3) is 0 Å². The molecule has 0 saturated carbocycles. The number of nitrogens with zero attached hydrogens (tertiary/aromatic N) is 3. The lowest BCUT2D eigenvalue weighted by atomic mass is 10.1. The monoisotopic (exact) mass is 423 g/mol. The van der Waals surface area contributed by atoms with Crippen LogP contribution in [0.1, 0.15) is 35.8 Å². The average Bonchev–Trinajstić information content (AvgIpc) is 3.31. The molecular formula is C19H23Cl2N5O2. The molecule has 3 heterocycles. The Morgan fingerprint density at radius 2 is 2.07 bits per heavy atom. The normalized spacial score (nSPS) is 22.0. The lowest BCUT2D eigenvalue weighted by Crippen LogP contribution is -2.41. The van der Waals surface area contributed by atoms with E-state index in [2.05, 4.69) is 15.7 Å². The summed E-state index contributed by atoms with van der Waals surface area (Å²) in [6.45, 7) is 2.41. The fourth-order valence-corrected chi connectivity index (χ4v) is 3.92. The number of aromatic nitrogens is 2. The van der Waals surface area contributed by atoms with Crippen molar-refractivity contribution in [3.8, 4) is 0 Å². The molecule has 2 aromatic rings. The van der Waals surface area contributed by atoms with Crippen molar-refractivity contribution in [3.05, 3.63) is 47.2 Å². The molecule has 0 spiro atoms. The number of amides is 2. The van der Waals surface area contributed by atoms with E-state index < -0.39 is 6.04 Å². The Bertz CT molecular complexity index is 850. The summed E-state index contributed by atoms with van der Waals surface area (Å²) < 4.78 is 1.84. The number of carbonyl (C=O) groups is 2. The minimum Gasteiger partial charge on any atom is -0.339 e. The van der Waals surface area contributed by atoms with Crippen LogP contribution >= 0.6 is 24.0 Å². The quantitative estimate of drug-likeness (QED) is 0.790. The van der Waals surface area contributed by atoms with E-state index in [0.29, 0.717) is 29.4 Å². The minimum atomic E-state index is -0.560. The van der Waals surface area contributed by atoms with Crippen LogP contribution in [0.5, 0.6) is 0 Å². The molecule has 0 aliphatic carbocycles. The van der Waals surface area contributed by atoms with Gasteiger partial charge in [0.25, 0.3) is 5.91 Å². The van der Waals surface area contributed by atoms with Crippen molar-refractivity contribution in [3.63, 3.8) is 0 Å². The first-order chi connectivity index (χ1) is 13.1. The second-order valence-electron chi connectivity index (χ2n) is 6.94. The average molecular weight is 424 g/mol. The van der Waals surface area contributed by atoms with Crippen LogP contribution in [0.4, 0.5) is 5.69 Å². The van der Waals surface area contributed by atoms with Crippen molar-refractivity contribution >= 4 is 41.5 Å². The summed E-state index contributed by atoms with van der Waals surface area (Å²) in [6, 6.07) is 8.64. The van der Waals surface area contributed by atoms with Crippen LogP contribution in [0.3, 0.4) is 0 Å². The van der Waals surface area contributed by atoms with Crippen molar-refractivity contribution in [2.24, 2.45) is 0 Å². The van der Waals surface area contributed by atoms with Crippen LogP contribution in [0.15, 0.2) is 36.5 Å². The molecule has 0 radical (unpaired) electrons. The number of benzene rings is 1. The van der Waals surface area contributed by atoms with Gasteiger partial charge in [0.1, 0.15) is 11.7 Å². The van der Waals surface area contributed by atoms with Crippen LogP contribution in [-0.4, -0.2) is 47.3 Å². The highest BCUT2D eigenvalue weighted by Gasteiger charge is 2.35. The van der Waals surface area contributed by atoms with Crippen LogP contribution < -0.4 is 15.5 Å². The van der Waals surface area contributed by atoms with E-state index in [1.165, 1.54) is 0 Å². The van der Waals surface area contributed by atoms with E-state index in [9.17, 15) is 9.59 Å². The smallest absolute Gasteiger partial charge is 0.272 e. The predicted molar refractivity (Wildman–Crippen MR) is 110 cm³/mol. The maximum Gasteiger partial charge on any atom is 0.272 e. The molecule has 2 saturated heterocycles. The highest BCUT2D eigenvalue weighted by Crippen LogP contribution is 2.29. The summed E-state index contributed by atoms with van der Waals surface area (Å²) in [5.41, 5.74) is 1.01. The van der Waals surface area contributed by atoms with E-state index >= 15 is 0 Å². The number of hydrogen-bond donors (Lipinski definition) is 2. The number of para-hydroxylation sites is 1. The molecule has 0 bridgehead atoms. The molecule has 28 heavy (non-hydrogen) atoms. The van der Waals surface area contributed by atoms with Crippen molar-refractivity contribution in [2.75, 3.05) is 24.5 Å². The zero-order valence-electron chi connectivity index (χ0n) is 15.3. The van der Waals surface area contributed by atoms with Gasteiger partial charge in [-0.15, -0.1) is 12.4 Å². The number of hydrogen-bond acceptors (Lipinski definition) is 4. The molecule has 4 rings (SSSR count). The van der Waals surface area contributed by atoms with Crippen LogP contribution in [0.2, 0.25) is 5.02 Å². The van der Waals surface area contributed by atoms with Crippen LogP contribution in [-0.2, 0) is 4.79 Å². The second kappa shape index (κ2) is 8.94. The number of piperidine rings is 1. The standard InChI is InChI=1S/C19H22ClN5O2.ClH/c20-14-5-1-2-6-17(14)24-10-7-16(19(24)27)22-18(26)15-8-11-25(23-15)13-4-3-9-21-12-13;/h1-2,5-6,8,11,13,16,21H,3-4,7,9-10,12H2,(H,22,26);1H. The van der Waals surface area contributed by atoms with Gasteiger partial charge >= 0.3 is 0 Å². The lowest BCUT2D eigenvalue weighted by Gasteiger charge is -2.22. The number of anilines is 1. The summed E-state index contributed by atoms with van der Waals surface area (Å²) >= 11 is 6.20. The summed E-state index contributed by atoms with van der Waals surface area (Å²) in [5, 5.41) is 11.1. The Morgan fingerprint density at radius 1 is 1.25 bits per heavy atom. The van der Waals surface area contributed by atoms with Gasteiger partial charge in [-0.25, -0.2) is 0 Å². The minimum absolute atomic E-state index is 0. The molecule has 150 valence electrons. The van der Waals surface area contributed by atoms with E-state index in [0.717, 1.165) is 25.9 Å².